The minimum Gasteiger partial charge on any atom is -0.449 e. The number of nitro benzene ring substituents is 1. The van der Waals surface area contributed by atoms with Gasteiger partial charge in [-0.15, -0.1) is 0 Å². The van der Waals surface area contributed by atoms with Crippen LogP contribution in [0.3, 0.4) is 0 Å². The number of carbonyl (C=O) groups excluding carboxylic acids is 2. The van der Waals surface area contributed by atoms with Gasteiger partial charge in [-0.3, -0.25) is 14.9 Å². The Kier molecular flexibility index (Phi) is 5.71. The molecule has 25 heavy (non-hydrogen) atoms. The van der Waals surface area contributed by atoms with Crippen LogP contribution in [0.2, 0.25) is 5.02 Å². The first-order valence-corrected chi connectivity index (χ1v) is 7.66. The molecule has 0 aromatic heterocycles. The van der Waals surface area contributed by atoms with Gasteiger partial charge in [0.1, 0.15) is 5.02 Å². The third-order valence-corrected chi connectivity index (χ3v) is 3.80. The van der Waals surface area contributed by atoms with Crippen LogP contribution in [0.15, 0.2) is 48.5 Å². The van der Waals surface area contributed by atoms with Gasteiger partial charge in [0.25, 0.3) is 11.6 Å². The van der Waals surface area contributed by atoms with E-state index in [0.29, 0.717) is 5.69 Å². The summed E-state index contributed by atoms with van der Waals surface area (Å²) in [7, 11) is 1.56. The fraction of sp³-hybridized carbons (Fsp3) is 0.176. The maximum absolute atomic E-state index is 12.4. The summed E-state index contributed by atoms with van der Waals surface area (Å²) in [6.45, 7) is 1.43. The lowest BCUT2D eigenvalue weighted by Crippen LogP contribution is -2.37. The molecule has 0 spiro atoms. The standard InChI is InChI=1S/C17H15ClN2O5/c1-11(16(21)19(2)13-6-4-3-5-7-13)25-17(22)12-8-9-14(18)15(10-12)20(23)24/h3-11H,1-2H3. The zero-order chi connectivity index (χ0) is 18.6. The molecule has 7 nitrogen and oxygen atoms in total. The van der Waals surface area contributed by atoms with E-state index in [1.54, 1.807) is 31.3 Å². The average Bonchev–Trinajstić information content (AvgIpc) is 2.61. The maximum atomic E-state index is 12.4. The SMILES string of the molecule is CC(OC(=O)c1ccc(Cl)c([N+](=O)[O-])c1)C(=O)N(C)c1ccccc1. The maximum Gasteiger partial charge on any atom is 0.339 e. The number of nitrogens with zero attached hydrogens (tertiary/aromatic N) is 2. The number of para-hydroxylation sites is 1. The van der Waals surface area contributed by atoms with Crippen molar-refractivity contribution in [2.24, 2.45) is 0 Å². The first-order chi connectivity index (χ1) is 11.8. The third kappa shape index (κ3) is 4.33. The minimum atomic E-state index is -1.06. The van der Waals surface area contributed by atoms with Gasteiger partial charge in [-0.25, -0.2) is 4.79 Å². The van der Waals surface area contributed by atoms with E-state index in [0.717, 1.165) is 6.07 Å². The Bertz CT molecular complexity index is 810. The Hall–Kier alpha value is -2.93. The fourth-order valence-electron chi connectivity index (χ4n) is 2.11. The molecule has 1 unspecified atom stereocenters. The van der Waals surface area contributed by atoms with Gasteiger partial charge in [-0.1, -0.05) is 29.8 Å². The second-order valence-electron chi connectivity index (χ2n) is 5.20. The summed E-state index contributed by atoms with van der Waals surface area (Å²) in [5.74, 6) is -1.27. The number of ether oxygens (including phenoxy) is 1. The largest absolute Gasteiger partial charge is 0.449 e. The van der Waals surface area contributed by atoms with Crippen LogP contribution in [0.25, 0.3) is 0 Å². The quantitative estimate of drug-likeness (QED) is 0.461. The summed E-state index contributed by atoms with van der Waals surface area (Å²) in [4.78, 5) is 36.1. The van der Waals surface area contributed by atoms with E-state index in [9.17, 15) is 19.7 Å². The zero-order valence-electron chi connectivity index (χ0n) is 13.5. The van der Waals surface area contributed by atoms with Crippen molar-refractivity contribution in [2.45, 2.75) is 13.0 Å². The van der Waals surface area contributed by atoms with Gasteiger partial charge in [-0.2, -0.15) is 0 Å². The number of anilines is 1. The molecule has 8 heteroatoms. The molecule has 0 N–H and O–H groups in total. The zero-order valence-corrected chi connectivity index (χ0v) is 14.3. The van der Waals surface area contributed by atoms with Crippen molar-refractivity contribution >= 4 is 34.9 Å². The molecular formula is C17H15ClN2O5. The summed E-state index contributed by atoms with van der Waals surface area (Å²) < 4.78 is 5.12. The normalized spacial score (nSPS) is 11.5. The Morgan fingerprint density at radius 3 is 2.44 bits per heavy atom. The molecule has 0 aliphatic carbocycles. The van der Waals surface area contributed by atoms with Gasteiger partial charge in [0.15, 0.2) is 6.10 Å². The van der Waals surface area contributed by atoms with Crippen LogP contribution in [0.4, 0.5) is 11.4 Å². The number of rotatable bonds is 5. The highest BCUT2D eigenvalue weighted by Crippen LogP contribution is 2.25. The molecule has 0 radical (unpaired) electrons. The predicted molar refractivity (Wildman–Crippen MR) is 92.8 cm³/mol. The molecule has 0 saturated heterocycles. The summed E-state index contributed by atoms with van der Waals surface area (Å²) in [5, 5.41) is 10.8. The van der Waals surface area contributed by atoms with Crippen molar-refractivity contribution in [3.05, 3.63) is 69.2 Å². The highest BCUT2D eigenvalue weighted by Gasteiger charge is 2.24. The number of nitro groups is 1. The van der Waals surface area contributed by atoms with Gasteiger partial charge in [0.05, 0.1) is 10.5 Å². The lowest BCUT2D eigenvalue weighted by Gasteiger charge is -2.21. The molecule has 1 atom stereocenters. The monoisotopic (exact) mass is 362 g/mol. The Labute approximate surface area is 148 Å². The first kappa shape index (κ1) is 18.4. The second-order valence-corrected chi connectivity index (χ2v) is 5.61. The van der Waals surface area contributed by atoms with E-state index in [1.165, 1.54) is 24.0 Å². The predicted octanol–water partition coefficient (Wildman–Crippen LogP) is 3.46. The number of hydrogen-bond acceptors (Lipinski definition) is 5. The van der Waals surface area contributed by atoms with Gasteiger partial charge < -0.3 is 9.64 Å². The minimum absolute atomic E-state index is 0.0573. The molecule has 0 saturated carbocycles. The number of halogens is 1. The molecule has 130 valence electrons. The third-order valence-electron chi connectivity index (χ3n) is 3.48. The van der Waals surface area contributed by atoms with E-state index in [4.69, 9.17) is 16.3 Å². The van der Waals surface area contributed by atoms with Crippen molar-refractivity contribution in [1.82, 2.24) is 0 Å². The van der Waals surface area contributed by atoms with E-state index < -0.39 is 28.6 Å². The Balaban J connectivity index is 2.11. The topological polar surface area (TPSA) is 89.7 Å². The summed E-state index contributed by atoms with van der Waals surface area (Å²) in [6, 6.07) is 12.4. The molecule has 2 aromatic rings. The molecule has 1 amide bonds. The molecule has 0 aliphatic heterocycles. The van der Waals surface area contributed by atoms with E-state index in [-0.39, 0.29) is 10.6 Å². The van der Waals surface area contributed by atoms with E-state index in [1.807, 2.05) is 6.07 Å². The van der Waals surface area contributed by atoms with Crippen LogP contribution in [-0.2, 0) is 9.53 Å². The van der Waals surface area contributed by atoms with Crippen LogP contribution >= 0.6 is 11.6 Å². The summed E-state index contributed by atoms with van der Waals surface area (Å²) in [5.41, 5.74) is 0.187. The van der Waals surface area contributed by atoms with Crippen LogP contribution in [0.1, 0.15) is 17.3 Å². The molecule has 0 fully saturated rings. The number of likely N-dealkylation sites (N-methyl/N-ethyl adjacent to an activating group) is 1. The van der Waals surface area contributed by atoms with Gasteiger partial charge in [-0.05, 0) is 31.2 Å². The van der Waals surface area contributed by atoms with Crippen LogP contribution in [0.5, 0.6) is 0 Å². The smallest absolute Gasteiger partial charge is 0.339 e. The number of esters is 1. The molecular weight excluding hydrogens is 348 g/mol. The van der Waals surface area contributed by atoms with Crippen molar-refractivity contribution in [3.8, 4) is 0 Å². The molecule has 2 rings (SSSR count). The van der Waals surface area contributed by atoms with Gasteiger partial charge >= 0.3 is 5.97 Å². The van der Waals surface area contributed by atoms with Crippen molar-refractivity contribution in [2.75, 3.05) is 11.9 Å². The number of amides is 1. The molecule has 2 aromatic carbocycles. The molecule has 0 bridgehead atoms. The van der Waals surface area contributed by atoms with Crippen LogP contribution in [-0.4, -0.2) is 30.0 Å². The lowest BCUT2D eigenvalue weighted by atomic mass is 10.2. The van der Waals surface area contributed by atoms with Gasteiger partial charge in [0.2, 0.25) is 0 Å². The highest BCUT2D eigenvalue weighted by atomic mass is 35.5. The summed E-state index contributed by atoms with van der Waals surface area (Å²) in [6.07, 6.45) is -1.06. The van der Waals surface area contributed by atoms with Crippen LogP contribution in [0, 0.1) is 10.1 Å². The number of carbonyl (C=O) groups is 2. The lowest BCUT2D eigenvalue weighted by molar-refractivity contribution is -0.384. The van der Waals surface area contributed by atoms with Crippen LogP contribution < -0.4 is 4.90 Å². The second kappa shape index (κ2) is 7.76. The van der Waals surface area contributed by atoms with Crippen molar-refractivity contribution in [1.29, 1.82) is 0 Å². The number of hydrogen-bond donors (Lipinski definition) is 0. The summed E-state index contributed by atoms with van der Waals surface area (Å²) >= 11 is 5.71. The fourth-order valence-corrected chi connectivity index (χ4v) is 2.30. The highest BCUT2D eigenvalue weighted by molar-refractivity contribution is 6.32. The number of benzene rings is 2. The van der Waals surface area contributed by atoms with E-state index >= 15 is 0 Å². The van der Waals surface area contributed by atoms with Crippen molar-refractivity contribution in [3.63, 3.8) is 0 Å². The van der Waals surface area contributed by atoms with Gasteiger partial charge in [0, 0.05) is 18.8 Å². The first-order valence-electron chi connectivity index (χ1n) is 7.28. The molecule has 0 aliphatic rings. The molecule has 0 heterocycles. The Morgan fingerprint density at radius 1 is 1.20 bits per heavy atom. The average molecular weight is 363 g/mol. The Morgan fingerprint density at radius 2 is 1.84 bits per heavy atom. The van der Waals surface area contributed by atoms with Crippen molar-refractivity contribution < 1.29 is 19.2 Å². The van der Waals surface area contributed by atoms with E-state index in [2.05, 4.69) is 0 Å².